The van der Waals surface area contributed by atoms with Gasteiger partial charge in [-0.2, -0.15) is 0 Å². The predicted octanol–water partition coefficient (Wildman–Crippen LogP) is 1.13. The number of sulfonamides is 1. The molecule has 0 aromatic rings. The molecule has 1 atom stereocenters. The average Bonchev–Trinajstić information content (AvgIpc) is 2.93. The molecule has 2 rings (SSSR count). The fraction of sp³-hybridized carbons (Fsp3) is 1.00. The van der Waals surface area contributed by atoms with Crippen molar-refractivity contribution in [3.05, 3.63) is 0 Å². The molecule has 1 heterocycles. The van der Waals surface area contributed by atoms with Gasteiger partial charge in [-0.25, -0.2) is 13.1 Å². The summed E-state index contributed by atoms with van der Waals surface area (Å²) in [5.41, 5.74) is 0. The van der Waals surface area contributed by atoms with Crippen LogP contribution in [0.1, 0.15) is 32.1 Å². The summed E-state index contributed by atoms with van der Waals surface area (Å²) in [6.45, 7) is 2.74. The van der Waals surface area contributed by atoms with Gasteiger partial charge < -0.3 is 5.32 Å². The van der Waals surface area contributed by atoms with Crippen LogP contribution >= 0.6 is 12.4 Å². The second-order valence-corrected chi connectivity index (χ2v) is 7.02. The lowest BCUT2D eigenvalue weighted by Gasteiger charge is -2.09. The zero-order chi connectivity index (χ0) is 11.4. The third-order valence-corrected chi connectivity index (χ3v) is 4.95. The zero-order valence-corrected chi connectivity index (χ0v) is 11.8. The van der Waals surface area contributed by atoms with Gasteiger partial charge in [-0.05, 0) is 44.2 Å². The lowest BCUT2D eigenvalue weighted by molar-refractivity contribution is 0.518. The number of halogens is 1. The van der Waals surface area contributed by atoms with E-state index in [1.807, 2.05) is 0 Å². The molecule has 17 heavy (non-hydrogen) atoms. The molecule has 1 unspecified atom stereocenters. The fourth-order valence-electron chi connectivity index (χ4n) is 2.18. The molecule has 1 saturated heterocycles. The van der Waals surface area contributed by atoms with Crippen LogP contribution in [0.15, 0.2) is 0 Å². The first-order valence-electron chi connectivity index (χ1n) is 6.34. The van der Waals surface area contributed by atoms with Crippen LogP contribution in [0, 0.1) is 11.8 Å². The van der Waals surface area contributed by atoms with E-state index in [9.17, 15) is 8.42 Å². The molecule has 4 nitrogen and oxygen atoms in total. The van der Waals surface area contributed by atoms with Gasteiger partial charge >= 0.3 is 0 Å². The van der Waals surface area contributed by atoms with Crippen LogP contribution in [-0.2, 0) is 10.0 Å². The molecular weight excluding hydrogens is 260 g/mol. The Labute approximate surface area is 110 Å². The third kappa shape index (κ3) is 6.04. The minimum absolute atomic E-state index is 0. The second kappa shape index (κ2) is 6.92. The van der Waals surface area contributed by atoms with Gasteiger partial charge in [-0.1, -0.05) is 12.8 Å². The molecule has 1 aliphatic carbocycles. The van der Waals surface area contributed by atoms with Crippen molar-refractivity contribution >= 4 is 22.4 Å². The summed E-state index contributed by atoms with van der Waals surface area (Å²) < 4.78 is 25.9. The molecule has 0 bridgehead atoms. The third-order valence-electron chi connectivity index (χ3n) is 3.53. The highest BCUT2D eigenvalue weighted by Crippen LogP contribution is 2.32. The van der Waals surface area contributed by atoms with Crippen molar-refractivity contribution in [1.29, 1.82) is 0 Å². The van der Waals surface area contributed by atoms with Crippen molar-refractivity contribution in [1.82, 2.24) is 10.0 Å². The van der Waals surface area contributed by atoms with Crippen molar-refractivity contribution < 1.29 is 8.42 Å². The Morgan fingerprint density at radius 3 is 2.47 bits per heavy atom. The lowest BCUT2D eigenvalue weighted by Crippen LogP contribution is -2.29. The van der Waals surface area contributed by atoms with Crippen molar-refractivity contribution in [3.63, 3.8) is 0 Å². The summed E-state index contributed by atoms with van der Waals surface area (Å²) in [5, 5.41) is 3.29. The van der Waals surface area contributed by atoms with Crippen molar-refractivity contribution in [2.45, 2.75) is 32.1 Å². The molecule has 0 aromatic heterocycles. The van der Waals surface area contributed by atoms with E-state index in [2.05, 4.69) is 10.0 Å². The Bertz CT molecular complexity index is 311. The van der Waals surface area contributed by atoms with Crippen molar-refractivity contribution in [3.8, 4) is 0 Å². The van der Waals surface area contributed by atoms with Gasteiger partial charge in [0.1, 0.15) is 0 Å². The molecule has 6 heteroatoms. The molecule has 1 aliphatic heterocycles. The normalized spacial score (nSPS) is 24.6. The van der Waals surface area contributed by atoms with Gasteiger partial charge in [0.05, 0.1) is 5.75 Å². The van der Waals surface area contributed by atoms with E-state index in [4.69, 9.17) is 0 Å². The molecule has 2 fully saturated rings. The van der Waals surface area contributed by atoms with E-state index in [0.29, 0.717) is 24.1 Å². The van der Waals surface area contributed by atoms with Crippen molar-refractivity contribution in [2.24, 2.45) is 11.8 Å². The summed E-state index contributed by atoms with van der Waals surface area (Å²) in [7, 11) is -3.00. The lowest BCUT2D eigenvalue weighted by atomic mass is 10.1. The van der Waals surface area contributed by atoms with Gasteiger partial charge in [-0.3, -0.25) is 0 Å². The molecule has 0 aromatic carbocycles. The monoisotopic (exact) mass is 282 g/mol. The Hall–Kier alpha value is 0.160. The van der Waals surface area contributed by atoms with Crippen LogP contribution in [0.4, 0.5) is 0 Å². The van der Waals surface area contributed by atoms with Crippen LogP contribution in [0.5, 0.6) is 0 Å². The molecule has 102 valence electrons. The standard InChI is InChI=1S/C11H22N2O2S.ClH/c14-16(15,8-5-10-1-2-10)13-7-4-11-3-6-12-9-11;/h10-13H,1-9H2;1H. The van der Waals surface area contributed by atoms with Crippen LogP contribution in [-0.4, -0.2) is 33.8 Å². The molecule has 0 spiro atoms. The van der Waals surface area contributed by atoms with E-state index >= 15 is 0 Å². The zero-order valence-electron chi connectivity index (χ0n) is 10.2. The topological polar surface area (TPSA) is 58.2 Å². The Kier molecular flexibility index (Phi) is 6.20. The van der Waals surface area contributed by atoms with E-state index in [1.54, 1.807) is 0 Å². The average molecular weight is 283 g/mol. The molecule has 0 radical (unpaired) electrons. The van der Waals surface area contributed by atoms with Crippen LogP contribution in [0.3, 0.4) is 0 Å². The number of hydrogen-bond donors (Lipinski definition) is 2. The summed E-state index contributed by atoms with van der Waals surface area (Å²) in [5.74, 6) is 1.67. The predicted molar refractivity (Wildman–Crippen MR) is 72.0 cm³/mol. The van der Waals surface area contributed by atoms with E-state index < -0.39 is 10.0 Å². The first-order valence-corrected chi connectivity index (χ1v) is 7.99. The maximum absolute atomic E-state index is 11.6. The highest BCUT2D eigenvalue weighted by atomic mass is 35.5. The van der Waals surface area contributed by atoms with Crippen molar-refractivity contribution in [2.75, 3.05) is 25.4 Å². The van der Waals surface area contributed by atoms with E-state index in [1.165, 1.54) is 19.3 Å². The Morgan fingerprint density at radius 1 is 1.12 bits per heavy atom. The van der Waals surface area contributed by atoms with Gasteiger partial charge in [0.25, 0.3) is 0 Å². The quantitative estimate of drug-likeness (QED) is 0.736. The summed E-state index contributed by atoms with van der Waals surface area (Å²) in [6, 6.07) is 0. The van der Waals surface area contributed by atoms with Crippen LogP contribution in [0.25, 0.3) is 0 Å². The Balaban J connectivity index is 0.00000144. The van der Waals surface area contributed by atoms with Gasteiger partial charge in [0, 0.05) is 6.54 Å². The first kappa shape index (κ1) is 15.2. The molecule has 1 saturated carbocycles. The number of hydrogen-bond acceptors (Lipinski definition) is 3. The van der Waals surface area contributed by atoms with Gasteiger partial charge in [0.2, 0.25) is 10.0 Å². The summed E-state index contributed by atoms with van der Waals surface area (Å²) >= 11 is 0. The SMILES string of the molecule is Cl.O=S(=O)(CCC1CC1)NCCC1CCNC1. The Morgan fingerprint density at radius 2 is 1.88 bits per heavy atom. The highest BCUT2D eigenvalue weighted by molar-refractivity contribution is 7.89. The van der Waals surface area contributed by atoms with E-state index in [0.717, 1.165) is 25.9 Å². The minimum Gasteiger partial charge on any atom is -0.316 e. The molecule has 0 amide bonds. The fourth-order valence-corrected chi connectivity index (χ4v) is 3.40. The second-order valence-electron chi connectivity index (χ2n) is 5.09. The van der Waals surface area contributed by atoms with Crippen LogP contribution in [0.2, 0.25) is 0 Å². The smallest absolute Gasteiger partial charge is 0.211 e. The minimum atomic E-state index is -3.00. The maximum atomic E-state index is 11.6. The number of nitrogens with one attached hydrogen (secondary N) is 2. The van der Waals surface area contributed by atoms with Gasteiger partial charge in [-0.15, -0.1) is 12.4 Å². The first-order chi connectivity index (χ1) is 7.66. The van der Waals surface area contributed by atoms with E-state index in [-0.39, 0.29) is 12.4 Å². The summed E-state index contributed by atoms with van der Waals surface area (Å²) in [4.78, 5) is 0. The van der Waals surface area contributed by atoms with Gasteiger partial charge in [0.15, 0.2) is 0 Å². The van der Waals surface area contributed by atoms with Crippen LogP contribution < -0.4 is 10.0 Å². The maximum Gasteiger partial charge on any atom is 0.211 e. The highest BCUT2D eigenvalue weighted by Gasteiger charge is 2.24. The largest absolute Gasteiger partial charge is 0.316 e. The molecular formula is C11H23ClN2O2S. The number of rotatable bonds is 7. The molecule has 2 aliphatic rings. The molecule has 2 N–H and O–H groups in total. The summed E-state index contributed by atoms with van der Waals surface area (Å²) in [6.07, 6.45) is 5.45.